The van der Waals surface area contributed by atoms with Crippen molar-refractivity contribution in [3.05, 3.63) is 46.1 Å². The van der Waals surface area contributed by atoms with E-state index in [2.05, 4.69) is 27.5 Å². The number of benzene rings is 1. The smallest absolute Gasteiger partial charge is 0.224 e. The molecule has 0 aliphatic heterocycles. The van der Waals surface area contributed by atoms with Gasteiger partial charge in [0, 0.05) is 18.1 Å². The van der Waals surface area contributed by atoms with Crippen LogP contribution in [0.5, 0.6) is 0 Å². The molecule has 2 N–H and O–H groups in total. The minimum absolute atomic E-state index is 0.485. The molecule has 0 saturated carbocycles. The van der Waals surface area contributed by atoms with Crippen LogP contribution >= 0.6 is 23.2 Å². The summed E-state index contributed by atoms with van der Waals surface area (Å²) >= 11 is 12.2. The zero-order valence-electron chi connectivity index (χ0n) is 11.2. The summed E-state index contributed by atoms with van der Waals surface area (Å²) in [6, 6.07) is 7.66. The van der Waals surface area contributed by atoms with Gasteiger partial charge in [0.25, 0.3) is 0 Å². The number of nitrogens with zero attached hydrogens (tertiary/aromatic N) is 2. The molecule has 2 aromatic rings. The Morgan fingerprint density at radius 3 is 2.65 bits per heavy atom. The highest BCUT2D eigenvalue weighted by molar-refractivity contribution is 6.33. The molecule has 0 unspecified atom stereocenters. The zero-order valence-corrected chi connectivity index (χ0v) is 12.7. The number of hydrogen-bond donors (Lipinski definition) is 2. The first-order valence-electron chi connectivity index (χ1n) is 6.44. The van der Waals surface area contributed by atoms with E-state index < -0.39 is 0 Å². The molecule has 0 fully saturated rings. The number of aromatic nitrogens is 2. The molecule has 0 amide bonds. The van der Waals surface area contributed by atoms with Crippen molar-refractivity contribution in [2.45, 2.75) is 19.9 Å². The molecule has 2 rings (SSSR count). The second kappa shape index (κ2) is 7.31. The molecule has 0 saturated heterocycles. The molecule has 0 bridgehead atoms. The van der Waals surface area contributed by atoms with E-state index >= 15 is 0 Å². The summed E-state index contributed by atoms with van der Waals surface area (Å²) in [4.78, 5) is 8.47. The van der Waals surface area contributed by atoms with Crippen LogP contribution in [0.4, 0.5) is 11.8 Å². The van der Waals surface area contributed by atoms with Gasteiger partial charge >= 0.3 is 0 Å². The molecule has 0 radical (unpaired) electrons. The van der Waals surface area contributed by atoms with Crippen LogP contribution in [0, 0.1) is 0 Å². The van der Waals surface area contributed by atoms with E-state index in [1.807, 2.05) is 24.3 Å². The normalized spacial score (nSPS) is 10.3. The Bertz CT molecular complexity index is 575. The molecule has 4 nitrogen and oxygen atoms in total. The molecule has 6 heteroatoms. The maximum Gasteiger partial charge on any atom is 0.224 e. The lowest BCUT2D eigenvalue weighted by Crippen LogP contribution is -2.08. The molecule has 20 heavy (non-hydrogen) atoms. The van der Waals surface area contributed by atoms with E-state index in [1.54, 1.807) is 6.20 Å². The van der Waals surface area contributed by atoms with Gasteiger partial charge in [-0.15, -0.1) is 0 Å². The van der Waals surface area contributed by atoms with Crippen LogP contribution < -0.4 is 10.6 Å². The summed E-state index contributed by atoms with van der Waals surface area (Å²) in [5, 5.41) is 7.51. The maximum absolute atomic E-state index is 6.11. The molecule has 1 aromatic carbocycles. The van der Waals surface area contributed by atoms with Gasteiger partial charge in [-0.3, -0.25) is 0 Å². The fourth-order valence-corrected chi connectivity index (χ4v) is 1.99. The fourth-order valence-electron chi connectivity index (χ4n) is 1.63. The predicted octanol–water partition coefficient (Wildman–Crippen LogP) is 4.22. The van der Waals surface area contributed by atoms with Gasteiger partial charge in [-0.2, -0.15) is 4.98 Å². The van der Waals surface area contributed by atoms with E-state index in [0.29, 0.717) is 23.3 Å². The lowest BCUT2D eigenvalue weighted by atomic mass is 10.2. The van der Waals surface area contributed by atoms with E-state index in [4.69, 9.17) is 23.2 Å². The predicted molar refractivity (Wildman–Crippen MR) is 84.6 cm³/mol. The fraction of sp³-hybridized carbons (Fsp3) is 0.286. The first kappa shape index (κ1) is 14.9. The third-order valence-electron chi connectivity index (χ3n) is 2.68. The zero-order chi connectivity index (χ0) is 14.4. The molecule has 0 spiro atoms. The van der Waals surface area contributed by atoms with Crippen LogP contribution in [0.25, 0.3) is 0 Å². The summed E-state index contributed by atoms with van der Waals surface area (Å²) in [5.74, 6) is 1.16. The highest BCUT2D eigenvalue weighted by Gasteiger charge is 2.06. The van der Waals surface area contributed by atoms with Crippen molar-refractivity contribution < 1.29 is 0 Å². The van der Waals surface area contributed by atoms with Crippen LogP contribution in [-0.4, -0.2) is 16.5 Å². The van der Waals surface area contributed by atoms with Gasteiger partial charge in [-0.05, 0) is 18.1 Å². The van der Waals surface area contributed by atoms with E-state index in [9.17, 15) is 0 Å². The van der Waals surface area contributed by atoms with Crippen molar-refractivity contribution in [3.63, 3.8) is 0 Å². The van der Waals surface area contributed by atoms with Gasteiger partial charge < -0.3 is 10.6 Å². The average molecular weight is 311 g/mol. The molecular weight excluding hydrogens is 295 g/mol. The lowest BCUT2D eigenvalue weighted by Gasteiger charge is -2.10. The summed E-state index contributed by atoms with van der Waals surface area (Å²) in [7, 11) is 0. The van der Waals surface area contributed by atoms with Crippen molar-refractivity contribution in [2.24, 2.45) is 0 Å². The van der Waals surface area contributed by atoms with Crippen LogP contribution in [0.2, 0.25) is 10.0 Å². The largest absolute Gasteiger partial charge is 0.365 e. The highest BCUT2D eigenvalue weighted by Crippen LogP contribution is 2.22. The van der Waals surface area contributed by atoms with Crippen LogP contribution in [0.15, 0.2) is 30.5 Å². The van der Waals surface area contributed by atoms with Gasteiger partial charge in [0.2, 0.25) is 5.95 Å². The van der Waals surface area contributed by atoms with Crippen LogP contribution in [-0.2, 0) is 6.54 Å². The van der Waals surface area contributed by atoms with Crippen molar-refractivity contribution >= 4 is 35.0 Å². The summed E-state index contributed by atoms with van der Waals surface area (Å²) in [5.41, 5.74) is 0.993. The van der Waals surface area contributed by atoms with Crippen molar-refractivity contribution in [3.8, 4) is 0 Å². The number of hydrogen-bond acceptors (Lipinski definition) is 4. The van der Waals surface area contributed by atoms with Crippen molar-refractivity contribution in [1.82, 2.24) is 9.97 Å². The lowest BCUT2D eigenvalue weighted by molar-refractivity contribution is 0.950. The Morgan fingerprint density at radius 1 is 1.10 bits per heavy atom. The van der Waals surface area contributed by atoms with E-state index in [-0.39, 0.29) is 0 Å². The Kier molecular flexibility index (Phi) is 5.44. The SMILES string of the molecule is CCCNc1ncc(Cl)c(NCc2ccccc2Cl)n1. The molecular formula is C14H16Cl2N4. The van der Waals surface area contributed by atoms with Gasteiger partial charge in [-0.25, -0.2) is 4.98 Å². The Morgan fingerprint density at radius 2 is 1.90 bits per heavy atom. The molecule has 0 atom stereocenters. The minimum Gasteiger partial charge on any atom is -0.365 e. The number of rotatable bonds is 6. The molecule has 0 aliphatic rings. The highest BCUT2D eigenvalue weighted by atomic mass is 35.5. The standard InChI is InChI=1S/C14H16Cl2N4/c1-2-7-17-14-19-9-12(16)13(20-14)18-8-10-5-3-4-6-11(10)15/h3-6,9H,2,7-8H2,1H3,(H2,17,18,19,20). The number of halogens is 2. The third kappa shape index (κ3) is 3.99. The van der Waals surface area contributed by atoms with Gasteiger partial charge in [0.1, 0.15) is 5.02 Å². The maximum atomic E-state index is 6.11. The Hall–Kier alpha value is -1.52. The van der Waals surface area contributed by atoms with Crippen LogP contribution in [0.1, 0.15) is 18.9 Å². The topological polar surface area (TPSA) is 49.8 Å². The third-order valence-corrected chi connectivity index (χ3v) is 3.33. The van der Waals surface area contributed by atoms with E-state index in [1.165, 1.54) is 0 Å². The van der Waals surface area contributed by atoms with Crippen LogP contribution in [0.3, 0.4) is 0 Å². The first-order valence-corrected chi connectivity index (χ1v) is 7.20. The monoisotopic (exact) mass is 310 g/mol. The first-order chi connectivity index (χ1) is 9.70. The van der Waals surface area contributed by atoms with Crippen molar-refractivity contribution in [2.75, 3.05) is 17.2 Å². The quantitative estimate of drug-likeness (QED) is 0.839. The van der Waals surface area contributed by atoms with Gasteiger partial charge in [0.05, 0.1) is 6.20 Å². The second-order valence-electron chi connectivity index (χ2n) is 4.26. The molecule has 0 aliphatic carbocycles. The molecule has 106 valence electrons. The average Bonchev–Trinajstić information content (AvgIpc) is 2.46. The Labute approximate surface area is 128 Å². The number of nitrogens with one attached hydrogen (secondary N) is 2. The minimum atomic E-state index is 0.485. The van der Waals surface area contributed by atoms with Crippen molar-refractivity contribution in [1.29, 1.82) is 0 Å². The summed E-state index contributed by atoms with van der Waals surface area (Å²) in [6.07, 6.45) is 2.59. The summed E-state index contributed by atoms with van der Waals surface area (Å²) < 4.78 is 0. The summed E-state index contributed by atoms with van der Waals surface area (Å²) in [6.45, 7) is 3.47. The molecule has 1 aromatic heterocycles. The number of anilines is 2. The van der Waals surface area contributed by atoms with Gasteiger partial charge in [0.15, 0.2) is 5.82 Å². The Balaban J connectivity index is 2.07. The van der Waals surface area contributed by atoms with Gasteiger partial charge in [-0.1, -0.05) is 48.3 Å². The molecule has 1 heterocycles. The second-order valence-corrected chi connectivity index (χ2v) is 5.08. The van der Waals surface area contributed by atoms with E-state index in [0.717, 1.165) is 23.6 Å².